The molecule has 0 spiro atoms. The van der Waals surface area contributed by atoms with E-state index in [9.17, 15) is 9.13 Å². The van der Waals surface area contributed by atoms with E-state index in [1.165, 1.54) is 6.66 Å². The lowest BCUT2D eigenvalue weighted by molar-refractivity contribution is 0.367. The first-order valence-electron chi connectivity index (χ1n) is 3.45. The van der Waals surface area contributed by atoms with Crippen molar-refractivity contribution in [1.82, 2.24) is 0 Å². The van der Waals surface area contributed by atoms with Crippen LogP contribution >= 0.6 is 14.7 Å². The van der Waals surface area contributed by atoms with Crippen molar-refractivity contribution in [2.45, 2.75) is 18.2 Å². The van der Waals surface area contributed by atoms with Gasteiger partial charge >= 0.3 is 7.60 Å². The van der Waals surface area contributed by atoms with E-state index < -0.39 is 20.1 Å². The maximum absolute atomic E-state index is 11.5. The van der Waals surface area contributed by atoms with Crippen molar-refractivity contribution in [2.24, 2.45) is 0 Å². The second kappa shape index (κ2) is 2.70. The molecule has 1 heterocycles. The topological polar surface area (TPSA) is 74.6 Å². The van der Waals surface area contributed by atoms with Crippen molar-refractivity contribution in [3.05, 3.63) is 0 Å². The third-order valence-corrected chi connectivity index (χ3v) is 8.21. The summed E-state index contributed by atoms with van der Waals surface area (Å²) >= 11 is 0. The molecular weight excluding hydrogens is 186 g/mol. The monoisotopic (exact) mass is 198 g/mol. The van der Waals surface area contributed by atoms with E-state index in [1.807, 2.05) is 0 Å². The maximum Gasteiger partial charge on any atom is 0.335 e. The molecule has 2 unspecified atom stereocenters. The molecule has 0 aliphatic carbocycles. The Hall–Kier alpha value is 0.380. The van der Waals surface area contributed by atoms with Gasteiger partial charge in [0.25, 0.3) is 0 Å². The van der Waals surface area contributed by atoms with Gasteiger partial charge in [0.05, 0.1) is 7.14 Å². The SMILES string of the molecule is CP1(=O)CCCC1P(=O)(O)O. The number of rotatable bonds is 1. The average molecular weight is 198 g/mol. The molecule has 1 rings (SSSR count). The van der Waals surface area contributed by atoms with Gasteiger partial charge in [0.1, 0.15) is 5.40 Å². The van der Waals surface area contributed by atoms with Crippen molar-refractivity contribution < 1.29 is 18.9 Å². The molecule has 2 atom stereocenters. The van der Waals surface area contributed by atoms with E-state index in [0.29, 0.717) is 19.0 Å². The minimum atomic E-state index is -4.10. The molecule has 1 fully saturated rings. The van der Waals surface area contributed by atoms with Gasteiger partial charge in [-0.3, -0.25) is 4.57 Å². The minimum absolute atomic E-state index is 0.415. The van der Waals surface area contributed by atoms with Crippen molar-refractivity contribution in [2.75, 3.05) is 12.8 Å². The van der Waals surface area contributed by atoms with Crippen molar-refractivity contribution >= 4 is 14.7 Å². The lowest BCUT2D eigenvalue weighted by Gasteiger charge is -2.16. The first-order valence-corrected chi connectivity index (χ1v) is 7.54. The fraction of sp³-hybridized carbons (Fsp3) is 1.00. The Bertz CT molecular complexity index is 243. The number of hydrogen-bond donors (Lipinski definition) is 2. The summed E-state index contributed by atoms with van der Waals surface area (Å²) in [6.45, 7) is 1.49. The lowest BCUT2D eigenvalue weighted by Crippen LogP contribution is -2.02. The summed E-state index contributed by atoms with van der Waals surface area (Å²) in [5, 5.41) is -0.852. The summed E-state index contributed by atoms with van der Waals surface area (Å²) in [5.41, 5.74) is 0. The van der Waals surface area contributed by atoms with Gasteiger partial charge < -0.3 is 14.4 Å². The molecule has 4 nitrogen and oxygen atoms in total. The molecule has 0 amide bonds. The predicted octanol–water partition coefficient (Wildman–Crippen LogP) is 1.28. The Morgan fingerprint density at radius 1 is 1.55 bits per heavy atom. The second-order valence-electron chi connectivity index (χ2n) is 3.11. The largest absolute Gasteiger partial charge is 0.335 e. The van der Waals surface area contributed by atoms with E-state index in [1.54, 1.807) is 0 Å². The summed E-state index contributed by atoms with van der Waals surface area (Å²) in [5.74, 6) is 0. The molecule has 1 aliphatic rings. The van der Waals surface area contributed by atoms with Crippen LogP contribution in [0.25, 0.3) is 0 Å². The van der Waals surface area contributed by atoms with Gasteiger partial charge in [0.2, 0.25) is 0 Å². The van der Waals surface area contributed by atoms with Gasteiger partial charge in [0.15, 0.2) is 0 Å². The smallest absolute Gasteiger partial charge is 0.324 e. The highest BCUT2D eigenvalue weighted by Gasteiger charge is 2.44. The third-order valence-electron chi connectivity index (χ3n) is 2.08. The average Bonchev–Trinajstić information content (AvgIpc) is 2.06. The molecule has 0 aromatic heterocycles. The normalized spacial score (nSPS) is 39.4. The molecule has 0 aromatic carbocycles. The van der Waals surface area contributed by atoms with E-state index in [2.05, 4.69) is 0 Å². The molecule has 1 aliphatic heterocycles. The summed E-state index contributed by atoms with van der Waals surface area (Å²) in [4.78, 5) is 17.6. The highest BCUT2D eigenvalue weighted by Crippen LogP contribution is 2.67. The summed E-state index contributed by atoms with van der Waals surface area (Å²) < 4.78 is 22.3. The van der Waals surface area contributed by atoms with Crippen molar-refractivity contribution in [3.63, 3.8) is 0 Å². The highest BCUT2D eigenvalue weighted by atomic mass is 31.2. The van der Waals surface area contributed by atoms with Crippen LogP contribution in [0.1, 0.15) is 12.8 Å². The van der Waals surface area contributed by atoms with Gasteiger partial charge in [-0.25, -0.2) is 0 Å². The molecule has 0 aromatic rings. The fourth-order valence-corrected chi connectivity index (χ4v) is 6.74. The van der Waals surface area contributed by atoms with Crippen molar-refractivity contribution in [1.29, 1.82) is 0 Å². The van der Waals surface area contributed by atoms with E-state index in [-0.39, 0.29) is 0 Å². The Morgan fingerprint density at radius 2 is 2.09 bits per heavy atom. The minimum Gasteiger partial charge on any atom is -0.324 e. The van der Waals surface area contributed by atoms with Crippen LogP contribution in [0.5, 0.6) is 0 Å². The molecule has 11 heavy (non-hydrogen) atoms. The third kappa shape index (κ3) is 1.94. The zero-order valence-corrected chi connectivity index (χ0v) is 8.09. The van der Waals surface area contributed by atoms with Gasteiger partial charge in [-0.1, -0.05) is 0 Å². The molecule has 0 saturated carbocycles. The van der Waals surface area contributed by atoms with Crippen LogP contribution in [0.3, 0.4) is 0 Å². The molecule has 66 valence electrons. The van der Waals surface area contributed by atoms with Crippen LogP contribution in [0.15, 0.2) is 0 Å². The van der Waals surface area contributed by atoms with Crippen LogP contribution in [0.2, 0.25) is 0 Å². The van der Waals surface area contributed by atoms with Crippen LogP contribution in [-0.2, 0) is 9.13 Å². The first kappa shape index (κ1) is 9.47. The van der Waals surface area contributed by atoms with Gasteiger partial charge in [-0.05, 0) is 19.5 Å². The molecule has 0 bridgehead atoms. The van der Waals surface area contributed by atoms with E-state index in [4.69, 9.17) is 9.79 Å². The molecular formula is C5H12O4P2. The zero-order valence-electron chi connectivity index (χ0n) is 6.30. The van der Waals surface area contributed by atoms with Crippen LogP contribution in [0, 0.1) is 0 Å². The molecule has 0 radical (unpaired) electrons. The van der Waals surface area contributed by atoms with E-state index in [0.717, 1.165) is 0 Å². The Labute approximate surface area is 65.5 Å². The zero-order chi connectivity index (χ0) is 8.70. The van der Waals surface area contributed by atoms with Crippen molar-refractivity contribution in [3.8, 4) is 0 Å². The summed E-state index contributed by atoms with van der Waals surface area (Å²) in [6.07, 6.45) is 1.59. The predicted molar refractivity (Wildman–Crippen MR) is 43.5 cm³/mol. The fourth-order valence-electron chi connectivity index (χ4n) is 1.50. The number of hydrogen-bond acceptors (Lipinski definition) is 2. The van der Waals surface area contributed by atoms with Crippen LogP contribution in [-0.4, -0.2) is 28.0 Å². The van der Waals surface area contributed by atoms with E-state index >= 15 is 0 Å². The molecule has 1 saturated heterocycles. The molecule has 6 heteroatoms. The molecule has 2 N–H and O–H groups in total. The summed E-state index contributed by atoms with van der Waals surface area (Å²) in [6, 6.07) is 0. The quantitative estimate of drug-likeness (QED) is 0.622. The van der Waals surface area contributed by atoms with Gasteiger partial charge in [-0.2, -0.15) is 0 Å². The standard InChI is InChI=1S/C5H12O4P2/c1-10(6)4-2-3-5(10)11(7,8)9/h5H,2-4H2,1H3,(H2,7,8,9). The van der Waals surface area contributed by atoms with Gasteiger partial charge in [0, 0.05) is 6.16 Å². The second-order valence-corrected chi connectivity index (χ2v) is 8.74. The first-order chi connectivity index (χ1) is 4.84. The Balaban J connectivity index is 2.91. The lowest BCUT2D eigenvalue weighted by atomic mass is 10.4. The van der Waals surface area contributed by atoms with Gasteiger partial charge in [-0.15, -0.1) is 0 Å². The summed E-state index contributed by atoms with van der Waals surface area (Å²) in [7, 11) is -6.64. The Morgan fingerprint density at radius 3 is 2.27 bits per heavy atom. The Kier molecular flexibility index (Phi) is 2.33. The van der Waals surface area contributed by atoms with Crippen LogP contribution < -0.4 is 0 Å². The van der Waals surface area contributed by atoms with Crippen LogP contribution in [0.4, 0.5) is 0 Å². The maximum atomic E-state index is 11.5. The highest BCUT2D eigenvalue weighted by molar-refractivity contribution is 7.77.